The van der Waals surface area contributed by atoms with Crippen LogP contribution in [0.15, 0.2) is 18.2 Å². The van der Waals surface area contributed by atoms with Crippen molar-refractivity contribution in [2.45, 2.75) is 13.3 Å². The number of nitrogen functional groups attached to an aromatic ring is 1. The van der Waals surface area contributed by atoms with E-state index < -0.39 is 5.97 Å². The second kappa shape index (κ2) is 5.78. The van der Waals surface area contributed by atoms with Gasteiger partial charge in [0.05, 0.1) is 12.8 Å². The van der Waals surface area contributed by atoms with Crippen LogP contribution >= 0.6 is 22.6 Å². The highest BCUT2D eigenvalue weighted by molar-refractivity contribution is 14.1. The molecule has 1 aromatic heterocycles. The van der Waals surface area contributed by atoms with E-state index in [0.717, 1.165) is 0 Å². The van der Waals surface area contributed by atoms with Gasteiger partial charge in [0.1, 0.15) is 17.5 Å². The van der Waals surface area contributed by atoms with E-state index in [1.54, 1.807) is 10.6 Å². The van der Waals surface area contributed by atoms with Crippen LogP contribution in [0.5, 0.6) is 0 Å². The van der Waals surface area contributed by atoms with Crippen LogP contribution in [0.2, 0.25) is 0 Å². The van der Waals surface area contributed by atoms with Gasteiger partial charge in [-0.25, -0.2) is 14.2 Å². The lowest BCUT2D eigenvalue weighted by Gasteiger charge is -2.11. The maximum Gasteiger partial charge on any atom is 0.360 e. The molecule has 2 aromatic rings. The van der Waals surface area contributed by atoms with E-state index in [0.29, 0.717) is 21.5 Å². The number of hydrogen-bond donors (Lipinski definition) is 1. The van der Waals surface area contributed by atoms with Crippen molar-refractivity contribution in [1.82, 2.24) is 9.55 Å². The molecule has 0 radical (unpaired) electrons. The van der Waals surface area contributed by atoms with Gasteiger partial charge >= 0.3 is 5.97 Å². The molecular formula is C13H13FIN3O2. The molecule has 1 heterocycles. The van der Waals surface area contributed by atoms with Crippen molar-refractivity contribution >= 4 is 34.4 Å². The third-order valence-electron chi connectivity index (χ3n) is 2.83. The quantitative estimate of drug-likeness (QED) is 0.647. The molecule has 0 saturated heterocycles. The Morgan fingerprint density at radius 3 is 2.80 bits per heavy atom. The van der Waals surface area contributed by atoms with E-state index in [4.69, 9.17) is 5.73 Å². The van der Waals surface area contributed by atoms with Crippen molar-refractivity contribution in [3.8, 4) is 5.69 Å². The molecule has 1 aromatic carbocycles. The first-order chi connectivity index (χ1) is 9.49. The standard InChI is InChI=1S/C13H13FIN3O2/c1-3-10-17-11(13(19)20-2)12(16)18(10)9-5-4-7(14)6-8(9)15/h4-6H,3,16H2,1-2H3. The number of methoxy groups -OCH3 is 1. The Morgan fingerprint density at radius 2 is 2.25 bits per heavy atom. The molecule has 0 saturated carbocycles. The summed E-state index contributed by atoms with van der Waals surface area (Å²) in [6, 6.07) is 4.34. The number of aromatic nitrogens is 2. The van der Waals surface area contributed by atoms with Crippen molar-refractivity contribution < 1.29 is 13.9 Å². The number of halogens is 2. The van der Waals surface area contributed by atoms with E-state index in [9.17, 15) is 9.18 Å². The van der Waals surface area contributed by atoms with Crippen LogP contribution in [0.3, 0.4) is 0 Å². The maximum atomic E-state index is 13.2. The van der Waals surface area contributed by atoms with Crippen LogP contribution in [0, 0.1) is 9.39 Å². The van der Waals surface area contributed by atoms with E-state index in [1.165, 1.54) is 19.2 Å². The summed E-state index contributed by atoms with van der Waals surface area (Å²) in [6.07, 6.45) is 0.578. The van der Waals surface area contributed by atoms with Gasteiger partial charge in [-0.3, -0.25) is 4.57 Å². The Hall–Kier alpha value is -1.64. The van der Waals surface area contributed by atoms with E-state index in [2.05, 4.69) is 9.72 Å². The number of ether oxygens (including phenoxy) is 1. The average molecular weight is 389 g/mol. The van der Waals surface area contributed by atoms with Gasteiger partial charge in [-0.15, -0.1) is 0 Å². The third-order valence-corrected chi connectivity index (χ3v) is 3.69. The highest BCUT2D eigenvalue weighted by Gasteiger charge is 2.22. The molecule has 2 rings (SSSR count). The molecule has 2 N–H and O–H groups in total. The highest BCUT2D eigenvalue weighted by atomic mass is 127. The Bertz CT molecular complexity index is 670. The van der Waals surface area contributed by atoms with Gasteiger partial charge in [0.15, 0.2) is 5.69 Å². The predicted molar refractivity (Wildman–Crippen MR) is 81.4 cm³/mol. The Morgan fingerprint density at radius 1 is 1.55 bits per heavy atom. The number of esters is 1. The number of nitrogens with two attached hydrogens (primary N) is 1. The number of aryl methyl sites for hydroxylation is 1. The van der Waals surface area contributed by atoms with E-state index in [1.807, 2.05) is 29.5 Å². The minimum atomic E-state index is -0.590. The van der Waals surface area contributed by atoms with Crippen molar-refractivity contribution in [3.05, 3.63) is 39.1 Å². The first-order valence-corrected chi connectivity index (χ1v) is 6.98. The lowest BCUT2D eigenvalue weighted by Crippen LogP contribution is -2.09. The van der Waals surface area contributed by atoms with Gasteiger partial charge in [-0.05, 0) is 40.8 Å². The number of imidazole rings is 1. The van der Waals surface area contributed by atoms with E-state index in [-0.39, 0.29) is 17.3 Å². The molecule has 5 nitrogen and oxygen atoms in total. The van der Waals surface area contributed by atoms with Crippen molar-refractivity contribution in [3.63, 3.8) is 0 Å². The van der Waals surface area contributed by atoms with Gasteiger partial charge in [0, 0.05) is 9.99 Å². The molecule has 0 amide bonds. The molecule has 0 fully saturated rings. The smallest absolute Gasteiger partial charge is 0.360 e. The molecule has 0 aliphatic carbocycles. The second-order valence-corrected chi connectivity index (χ2v) is 5.20. The SMILES string of the molecule is CCc1nc(C(=O)OC)c(N)n1-c1ccc(F)cc1I. The minimum absolute atomic E-state index is 0.0736. The summed E-state index contributed by atoms with van der Waals surface area (Å²) >= 11 is 2.01. The number of rotatable bonds is 3. The molecule has 106 valence electrons. The molecule has 0 atom stereocenters. The first-order valence-electron chi connectivity index (χ1n) is 5.90. The van der Waals surface area contributed by atoms with Crippen LogP contribution in [0.4, 0.5) is 10.2 Å². The average Bonchev–Trinajstić information content (AvgIpc) is 2.75. The van der Waals surface area contributed by atoms with Crippen LogP contribution in [0.25, 0.3) is 5.69 Å². The molecule has 0 unspecified atom stereocenters. The summed E-state index contributed by atoms with van der Waals surface area (Å²) in [5.74, 6) is -0.109. The second-order valence-electron chi connectivity index (χ2n) is 4.04. The largest absolute Gasteiger partial charge is 0.464 e. The molecule has 0 bridgehead atoms. The summed E-state index contributed by atoms with van der Waals surface area (Å²) in [5.41, 5.74) is 6.76. The molecule has 7 heteroatoms. The zero-order valence-electron chi connectivity index (χ0n) is 11.0. The van der Waals surface area contributed by atoms with Crippen LogP contribution in [0.1, 0.15) is 23.2 Å². The van der Waals surface area contributed by atoms with Crippen molar-refractivity contribution in [1.29, 1.82) is 0 Å². The number of nitrogens with zero attached hydrogens (tertiary/aromatic N) is 2. The minimum Gasteiger partial charge on any atom is -0.464 e. The number of carbonyl (C=O) groups excluding carboxylic acids is 1. The summed E-state index contributed by atoms with van der Waals surface area (Å²) in [5, 5.41) is 0. The third kappa shape index (κ3) is 2.49. The lowest BCUT2D eigenvalue weighted by atomic mass is 10.3. The summed E-state index contributed by atoms with van der Waals surface area (Å²) in [7, 11) is 1.27. The Labute approximate surface area is 129 Å². The van der Waals surface area contributed by atoms with Gasteiger partial charge in [0.25, 0.3) is 0 Å². The number of carbonyl (C=O) groups is 1. The molecule has 0 spiro atoms. The Balaban J connectivity index is 2.67. The summed E-state index contributed by atoms with van der Waals surface area (Å²) < 4.78 is 20.2. The molecule has 0 aliphatic heterocycles. The normalized spacial score (nSPS) is 10.6. The highest BCUT2D eigenvalue weighted by Crippen LogP contribution is 2.26. The number of anilines is 1. The molecule has 0 aliphatic rings. The zero-order valence-corrected chi connectivity index (χ0v) is 13.1. The lowest BCUT2D eigenvalue weighted by molar-refractivity contribution is 0.0596. The molecule has 20 heavy (non-hydrogen) atoms. The maximum absolute atomic E-state index is 13.2. The fraction of sp³-hybridized carbons (Fsp3) is 0.231. The zero-order chi connectivity index (χ0) is 14.9. The fourth-order valence-corrected chi connectivity index (χ4v) is 2.62. The van der Waals surface area contributed by atoms with Crippen LogP contribution in [-0.2, 0) is 11.2 Å². The van der Waals surface area contributed by atoms with Gasteiger partial charge < -0.3 is 10.5 Å². The monoisotopic (exact) mass is 389 g/mol. The topological polar surface area (TPSA) is 70.1 Å². The number of hydrogen-bond acceptors (Lipinski definition) is 4. The van der Waals surface area contributed by atoms with Gasteiger partial charge in [-0.1, -0.05) is 6.92 Å². The first kappa shape index (κ1) is 14.8. The summed E-state index contributed by atoms with van der Waals surface area (Å²) in [6.45, 7) is 1.90. The van der Waals surface area contributed by atoms with Crippen LogP contribution < -0.4 is 5.73 Å². The van der Waals surface area contributed by atoms with Gasteiger partial charge in [0.2, 0.25) is 0 Å². The molecular weight excluding hydrogens is 376 g/mol. The van der Waals surface area contributed by atoms with Crippen molar-refractivity contribution in [2.24, 2.45) is 0 Å². The summed E-state index contributed by atoms with van der Waals surface area (Å²) in [4.78, 5) is 15.9. The Kier molecular flexibility index (Phi) is 4.26. The predicted octanol–water partition coefficient (Wildman–Crippen LogP) is 2.55. The van der Waals surface area contributed by atoms with E-state index >= 15 is 0 Å². The number of benzene rings is 1. The van der Waals surface area contributed by atoms with Crippen molar-refractivity contribution in [2.75, 3.05) is 12.8 Å². The van der Waals surface area contributed by atoms with Gasteiger partial charge in [-0.2, -0.15) is 0 Å². The van der Waals surface area contributed by atoms with Crippen LogP contribution in [-0.4, -0.2) is 22.6 Å². The fourth-order valence-electron chi connectivity index (χ4n) is 1.90.